The molecule has 0 fully saturated rings. The molecule has 3 nitrogen and oxygen atoms in total. The Bertz CT molecular complexity index is 1910. The minimum Gasteiger partial charge on any atom is -0.305 e. The molecule has 0 atom stereocenters. The van der Waals surface area contributed by atoms with E-state index in [-0.39, 0.29) is 20.1 Å². The first kappa shape index (κ1) is 34.4. The number of aromatic nitrogens is 2. The summed E-state index contributed by atoms with van der Waals surface area (Å²) in [5, 5.41) is 10.3. The van der Waals surface area contributed by atoms with Gasteiger partial charge < -0.3 is 9.97 Å². The van der Waals surface area contributed by atoms with Crippen molar-refractivity contribution in [2.75, 3.05) is 0 Å². The Morgan fingerprint density at radius 1 is 0.717 bits per heavy atom. The molecular formula is C41H37IrN3Si-2. The van der Waals surface area contributed by atoms with Crippen LogP contribution < -0.4 is 5.19 Å². The van der Waals surface area contributed by atoms with Crippen LogP contribution in [0.1, 0.15) is 27.8 Å². The molecule has 0 bridgehead atoms. The van der Waals surface area contributed by atoms with Gasteiger partial charge in [0, 0.05) is 38.6 Å². The zero-order valence-corrected chi connectivity index (χ0v) is 30.3. The Morgan fingerprint density at radius 2 is 1.33 bits per heavy atom. The summed E-state index contributed by atoms with van der Waals surface area (Å²) in [6.07, 6.45) is 4.87. The fourth-order valence-electron chi connectivity index (χ4n) is 5.09. The van der Waals surface area contributed by atoms with Gasteiger partial charge in [-0.15, -0.1) is 65.2 Å². The first-order valence-electron chi connectivity index (χ1n) is 15.2. The maximum Gasteiger partial charge on any atom is 0.0803 e. The van der Waals surface area contributed by atoms with Crippen LogP contribution in [0.4, 0.5) is 0 Å². The van der Waals surface area contributed by atoms with E-state index < -0.39 is 8.07 Å². The number of benzene rings is 4. The molecule has 0 N–H and O–H groups in total. The number of nitriles is 1. The summed E-state index contributed by atoms with van der Waals surface area (Å²) in [4.78, 5) is 9.23. The molecule has 0 aliphatic rings. The zero-order valence-electron chi connectivity index (χ0n) is 26.9. The third-order valence-electron chi connectivity index (χ3n) is 7.71. The first-order chi connectivity index (χ1) is 21.7. The van der Waals surface area contributed by atoms with E-state index in [1.54, 1.807) is 12.1 Å². The number of aryl methyl sites for hydroxylation is 2. The average molecular weight is 792 g/mol. The van der Waals surface area contributed by atoms with Crippen molar-refractivity contribution in [2.24, 2.45) is 0 Å². The van der Waals surface area contributed by atoms with Crippen LogP contribution in [0, 0.1) is 37.3 Å². The van der Waals surface area contributed by atoms with Gasteiger partial charge >= 0.3 is 0 Å². The maximum absolute atomic E-state index is 8.86. The summed E-state index contributed by atoms with van der Waals surface area (Å²) in [5.41, 5.74) is 12.0. The van der Waals surface area contributed by atoms with E-state index in [0.717, 1.165) is 28.9 Å². The summed E-state index contributed by atoms with van der Waals surface area (Å²) in [7, 11) is -1.47. The predicted molar refractivity (Wildman–Crippen MR) is 189 cm³/mol. The third-order valence-corrected chi connectivity index (χ3v) is 9.73. The maximum atomic E-state index is 8.86. The molecule has 0 amide bonds. The average Bonchev–Trinajstić information content (AvgIpc) is 3.07. The molecular weight excluding hydrogens is 755 g/mol. The SMILES string of the molecule is Cc1c[c-]c(-c2cc(-c3ccccc3)c([Si](C)(C)C)cn2)cc1.Cc1cnc(-c2[c-]cc(C#N)cc2)cc1Cc1ccccc1.[Ir]. The van der Waals surface area contributed by atoms with Crippen molar-refractivity contribution in [1.82, 2.24) is 9.97 Å². The van der Waals surface area contributed by atoms with Crippen LogP contribution in [-0.4, -0.2) is 18.0 Å². The van der Waals surface area contributed by atoms with Gasteiger partial charge in [-0.2, -0.15) is 0 Å². The molecule has 231 valence electrons. The molecule has 1 radical (unpaired) electrons. The van der Waals surface area contributed by atoms with Gasteiger partial charge in [-0.25, -0.2) is 5.26 Å². The van der Waals surface area contributed by atoms with Gasteiger partial charge in [-0.1, -0.05) is 99.4 Å². The number of hydrogen-bond donors (Lipinski definition) is 0. The Balaban J connectivity index is 0.000000205. The molecule has 0 unspecified atom stereocenters. The van der Waals surface area contributed by atoms with Crippen molar-refractivity contribution >= 4 is 13.3 Å². The molecule has 0 aliphatic heterocycles. The van der Waals surface area contributed by atoms with E-state index in [1.165, 1.54) is 38.6 Å². The Kier molecular flexibility index (Phi) is 11.7. The summed E-state index contributed by atoms with van der Waals surface area (Å²) in [5.74, 6) is 0. The van der Waals surface area contributed by atoms with Crippen LogP contribution in [0.15, 0.2) is 122 Å². The number of pyridine rings is 2. The van der Waals surface area contributed by atoms with E-state index in [9.17, 15) is 0 Å². The van der Waals surface area contributed by atoms with Gasteiger partial charge in [0.15, 0.2) is 0 Å². The van der Waals surface area contributed by atoms with Gasteiger partial charge in [0.1, 0.15) is 0 Å². The molecule has 4 aromatic carbocycles. The summed E-state index contributed by atoms with van der Waals surface area (Å²) in [6.45, 7) is 11.3. The van der Waals surface area contributed by atoms with Gasteiger partial charge in [-0.05, 0) is 63.3 Å². The standard InChI is InChI=1S/C21H22NSi.C20H15N2.Ir/c1-16-10-12-18(13-11-16)20-14-19(17-8-6-5-7-9-17)21(15-22-20)23(2,3)4;1-15-14-22-20(18-9-7-17(13-21)8-10-18)12-19(15)11-16-5-3-2-4-6-16;/h5-12,14-15H,1-4H3;2-9,12,14H,11H2,1H3;/q2*-1;. The molecule has 5 heteroatoms. The van der Waals surface area contributed by atoms with Crippen molar-refractivity contribution in [3.63, 3.8) is 0 Å². The molecule has 2 aromatic heterocycles. The molecule has 0 spiro atoms. The largest absolute Gasteiger partial charge is 0.305 e. The summed E-state index contributed by atoms with van der Waals surface area (Å²) in [6, 6.07) is 45.6. The van der Waals surface area contributed by atoms with E-state index >= 15 is 0 Å². The van der Waals surface area contributed by atoms with Gasteiger partial charge in [-0.3, -0.25) is 0 Å². The minimum atomic E-state index is -1.47. The van der Waals surface area contributed by atoms with Crippen LogP contribution in [-0.2, 0) is 26.5 Å². The quantitative estimate of drug-likeness (QED) is 0.125. The molecule has 46 heavy (non-hydrogen) atoms. The van der Waals surface area contributed by atoms with Crippen LogP contribution in [0.2, 0.25) is 19.6 Å². The van der Waals surface area contributed by atoms with Crippen LogP contribution >= 0.6 is 0 Å². The van der Waals surface area contributed by atoms with Crippen molar-refractivity contribution < 1.29 is 20.1 Å². The second-order valence-corrected chi connectivity index (χ2v) is 17.3. The Hall–Kier alpha value is -4.46. The topological polar surface area (TPSA) is 49.6 Å². The van der Waals surface area contributed by atoms with Crippen molar-refractivity contribution in [1.29, 1.82) is 5.26 Å². The van der Waals surface area contributed by atoms with E-state index in [0.29, 0.717) is 5.56 Å². The van der Waals surface area contributed by atoms with Crippen LogP contribution in [0.5, 0.6) is 0 Å². The van der Waals surface area contributed by atoms with Gasteiger partial charge in [0.2, 0.25) is 0 Å². The summed E-state index contributed by atoms with van der Waals surface area (Å²) >= 11 is 0. The van der Waals surface area contributed by atoms with Gasteiger partial charge in [0.25, 0.3) is 0 Å². The molecule has 6 aromatic rings. The third kappa shape index (κ3) is 8.83. The zero-order chi connectivity index (χ0) is 31.8. The monoisotopic (exact) mass is 792 g/mol. The number of rotatable bonds is 6. The van der Waals surface area contributed by atoms with Crippen molar-refractivity contribution in [3.8, 4) is 39.7 Å². The molecule has 0 saturated carbocycles. The number of hydrogen-bond acceptors (Lipinski definition) is 3. The smallest absolute Gasteiger partial charge is 0.0803 e. The second kappa shape index (κ2) is 15.7. The molecule has 0 aliphatic carbocycles. The minimum absolute atomic E-state index is 0. The van der Waals surface area contributed by atoms with Crippen LogP contribution in [0.25, 0.3) is 33.6 Å². The van der Waals surface area contributed by atoms with Crippen molar-refractivity contribution in [3.05, 3.63) is 162 Å². The molecule has 6 rings (SSSR count). The molecule has 2 heterocycles. The van der Waals surface area contributed by atoms with Gasteiger partial charge in [0.05, 0.1) is 8.07 Å². The van der Waals surface area contributed by atoms with E-state index in [4.69, 9.17) is 10.2 Å². The fourth-order valence-corrected chi connectivity index (χ4v) is 6.57. The predicted octanol–water partition coefficient (Wildman–Crippen LogP) is 9.39. The second-order valence-electron chi connectivity index (χ2n) is 12.3. The van der Waals surface area contributed by atoms with E-state index in [1.807, 2.05) is 24.4 Å². The fraction of sp³-hybridized carbons (Fsp3) is 0.146. The van der Waals surface area contributed by atoms with E-state index in [2.05, 4.69) is 142 Å². The summed E-state index contributed by atoms with van der Waals surface area (Å²) < 4.78 is 0. The van der Waals surface area contributed by atoms with Crippen molar-refractivity contribution in [2.45, 2.75) is 39.9 Å². The Morgan fingerprint density at radius 3 is 1.91 bits per heavy atom. The number of nitrogens with zero attached hydrogens (tertiary/aromatic N) is 3. The first-order valence-corrected chi connectivity index (χ1v) is 18.7. The normalized spacial score (nSPS) is 10.6. The van der Waals surface area contributed by atoms with Crippen LogP contribution in [0.3, 0.4) is 0 Å². The Labute approximate surface area is 288 Å². The molecule has 0 saturated heterocycles.